The fourth-order valence-electron chi connectivity index (χ4n) is 4.17. The lowest BCUT2D eigenvalue weighted by molar-refractivity contribution is -0.135. The summed E-state index contributed by atoms with van der Waals surface area (Å²) in [4.78, 5) is 39.4. The second-order valence-corrected chi connectivity index (χ2v) is 8.59. The maximum absolute atomic E-state index is 13.1. The fraction of sp³-hybridized carbons (Fsp3) is 0.400. The molecule has 0 unspecified atom stereocenters. The van der Waals surface area contributed by atoms with Gasteiger partial charge >= 0.3 is 6.03 Å². The molecular weight excluding hydrogens is 422 g/mol. The molecule has 1 fully saturated rings. The Labute approximate surface area is 193 Å². The molecule has 0 bridgehead atoms. The summed E-state index contributed by atoms with van der Waals surface area (Å²) in [6.45, 7) is 6.22. The van der Waals surface area contributed by atoms with Crippen LogP contribution in [0.1, 0.15) is 49.9 Å². The summed E-state index contributed by atoms with van der Waals surface area (Å²) >= 11 is 0. The van der Waals surface area contributed by atoms with Gasteiger partial charge in [-0.15, -0.1) is 0 Å². The van der Waals surface area contributed by atoms with Gasteiger partial charge in [-0.05, 0) is 49.1 Å². The van der Waals surface area contributed by atoms with Gasteiger partial charge in [-0.25, -0.2) is 4.79 Å². The van der Waals surface area contributed by atoms with Gasteiger partial charge in [-0.3, -0.25) is 14.5 Å². The average molecular weight is 452 g/mol. The number of hydrogen-bond acceptors (Lipinski definition) is 5. The van der Waals surface area contributed by atoms with Crippen molar-refractivity contribution in [3.63, 3.8) is 0 Å². The number of rotatable bonds is 7. The number of amides is 4. The van der Waals surface area contributed by atoms with E-state index in [0.717, 1.165) is 23.3 Å². The molecule has 0 radical (unpaired) electrons. The topological polar surface area (TPSA) is 97.0 Å². The molecule has 4 amide bonds. The van der Waals surface area contributed by atoms with Gasteiger partial charge in [-0.2, -0.15) is 0 Å². The van der Waals surface area contributed by atoms with E-state index in [9.17, 15) is 14.4 Å². The number of nitrogens with one attached hydrogen (secondary N) is 2. The van der Waals surface area contributed by atoms with Crippen LogP contribution in [-0.4, -0.2) is 42.5 Å². The number of urea groups is 1. The van der Waals surface area contributed by atoms with E-state index in [-0.39, 0.29) is 12.6 Å². The molecule has 2 aliphatic heterocycles. The third-order valence-electron chi connectivity index (χ3n) is 6.09. The lowest BCUT2D eigenvalue weighted by atomic mass is 9.91. The lowest BCUT2D eigenvalue weighted by Crippen LogP contribution is -2.43. The van der Waals surface area contributed by atoms with Crippen molar-refractivity contribution in [3.8, 4) is 11.5 Å². The van der Waals surface area contributed by atoms with Crippen molar-refractivity contribution in [2.24, 2.45) is 0 Å². The van der Waals surface area contributed by atoms with Crippen molar-refractivity contribution in [2.45, 2.75) is 45.2 Å². The number of fused-ring (bicyclic) bond motifs is 1. The minimum atomic E-state index is -1.20. The molecule has 2 aromatic rings. The first-order chi connectivity index (χ1) is 15.8. The Bertz CT molecular complexity index is 1070. The Balaban J connectivity index is 1.41. The zero-order chi connectivity index (χ0) is 23.6. The van der Waals surface area contributed by atoms with E-state index in [0.29, 0.717) is 30.3 Å². The van der Waals surface area contributed by atoms with Crippen molar-refractivity contribution >= 4 is 17.8 Å². The van der Waals surface area contributed by atoms with Gasteiger partial charge in [0.15, 0.2) is 11.5 Å². The molecule has 0 saturated carbocycles. The van der Waals surface area contributed by atoms with Crippen LogP contribution in [0.25, 0.3) is 0 Å². The second kappa shape index (κ2) is 9.13. The summed E-state index contributed by atoms with van der Waals surface area (Å²) in [5.74, 6) is 0.431. The first-order valence-electron chi connectivity index (χ1n) is 11.2. The maximum atomic E-state index is 13.1. The molecule has 1 saturated heterocycles. The van der Waals surface area contributed by atoms with E-state index in [1.54, 1.807) is 13.0 Å². The SMILES string of the molecule is CCCc1ccc([C@]2(C)NC(=O)N(CC(=O)N[C@@H](C)c3ccc4c(c3)OCCO4)C2=O)cc1. The number of carbonyl (C=O) groups excluding carboxylic acids is 3. The predicted octanol–water partition coefficient (Wildman–Crippen LogP) is 3.05. The molecule has 0 aromatic heterocycles. The van der Waals surface area contributed by atoms with Crippen molar-refractivity contribution in [1.82, 2.24) is 15.5 Å². The number of benzene rings is 2. The highest BCUT2D eigenvalue weighted by molar-refractivity contribution is 6.09. The predicted molar refractivity (Wildman–Crippen MR) is 122 cm³/mol. The summed E-state index contributed by atoms with van der Waals surface area (Å²) in [5.41, 5.74) is 1.49. The number of hydrogen-bond donors (Lipinski definition) is 2. The molecule has 0 spiro atoms. The summed E-state index contributed by atoms with van der Waals surface area (Å²) in [6, 6.07) is 12.2. The quantitative estimate of drug-likeness (QED) is 0.631. The average Bonchev–Trinajstić information content (AvgIpc) is 3.03. The van der Waals surface area contributed by atoms with E-state index in [4.69, 9.17) is 9.47 Å². The molecule has 2 aliphatic rings. The van der Waals surface area contributed by atoms with Crippen LogP contribution in [0.5, 0.6) is 11.5 Å². The number of carbonyl (C=O) groups is 3. The zero-order valence-corrected chi connectivity index (χ0v) is 19.1. The summed E-state index contributed by atoms with van der Waals surface area (Å²) in [7, 11) is 0. The minimum Gasteiger partial charge on any atom is -0.486 e. The highest BCUT2D eigenvalue weighted by Crippen LogP contribution is 2.33. The van der Waals surface area contributed by atoms with Crippen molar-refractivity contribution in [2.75, 3.05) is 19.8 Å². The van der Waals surface area contributed by atoms with Crippen LogP contribution < -0.4 is 20.1 Å². The molecule has 0 aliphatic carbocycles. The van der Waals surface area contributed by atoms with E-state index < -0.39 is 23.4 Å². The van der Waals surface area contributed by atoms with Crippen LogP contribution in [0.2, 0.25) is 0 Å². The third kappa shape index (κ3) is 4.51. The van der Waals surface area contributed by atoms with Crippen molar-refractivity contribution < 1.29 is 23.9 Å². The highest BCUT2D eigenvalue weighted by Gasteiger charge is 2.49. The molecule has 33 heavy (non-hydrogen) atoms. The van der Waals surface area contributed by atoms with Crippen LogP contribution >= 0.6 is 0 Å². The standard InChI is InChI=1S/C25H29N3O5/c1-4-5-17-6-9-19(10-7-17)25(3)23(30)28(24(31)27-25)15-22(29)26-16(2)18-8-11-20-21(14-18)33-13-12-32-20/h6-11,14,16H,4-5,12-13,15H2,1-3H3,(H,26,29)(H,27,31)/t16-,25-/m0/s1. The van der Waals surface area contributed by atoms with Crippen molar-refractivity contribution in [1.29, 1.82) is 0 Å². The molecule has 8 nitrogen and oxygen atoms in total. The van der Waals surface area contributed by atoms with E-state index in [2.05, 4.69) is 17.6 Å². The van der Waals surface area contributed by atoms with Gasteiger partial charge in [0.25, 0.3) is 5.91 Å². The largest absolute Gasteiger partial charge is 0.486 e. The molecule has 2 atom stereocenters. The Morgan fingerprint density at radius 1 is 1.12 bits per heavy atom. The molecule has 4 rings (SSSR count). The fourth-order valence-corrected chi connectivity index (χ4v) is 4.17. The first-order valence-corrected chi connectivity index (χ1v) is 11.2. The molecule has 2 aromatic carbocycles. The van der Waals surface area contributed by atoms with Crippen LogP contribution in [0, 0.1) is 0 Å². The maximum Gasteiger partial charge on any atom is 0.325 e. The first kappa shape index (κ1) is 22.6. The highest BCUT2D eigenvalue weighted by atomic mass is 16.6. The Hall–Kier alpha value is -3.55. The van der Waals surface area contributed by atoms with E-state index >= 15 is 0 Å². The van der Waals surface area contributed by atoms with Gasteiger partial charge in [0.2, 0.25) is 5.91 Å². The lowest BCUT2D eigenvalue weighted by Gasteiger charge is -2.23. The minimum absolute atomic E-state index is 0.341. The van der Waals surface area contributed by atoms with Crippen molar-refractivity contribution in [3.05, 3.63) is 59.2 Å². The van der Waals surface area contributed by atoms with Gasteiger partial charge in [0.05, 0.1) is 6.04 Å². The molecule has 8 heteroatoms. The Morgan fingerprint density at radius 3 is 2.52 bits per heavy atom. The number of imide groups is 1. The smallest absolute Gasteiger partial charge is 0.325 e. The second-order valence-electron chi connectivity index (χ2n) is 8.59. The number of aryl methyl sites for hydroxylation is 1. The monoisotopic (exact) mass is 451 g/mol. The van der Waals surface area contributed by atoms with Crippen LogP contribution in [0.4, 0.5) is 4.79 Å². The summed E-state index contributed by atoms with van der Waals surface area (Å²) in [5, 5.41) is 5.60. The molecular formula is C25H29N3O5. The Kier molecular flexibility index (Phi) is 6.26. The third-order valence-corrected chi connectivity index (χ3v) is 6.09. The van der Waals surface area contributed by atoms with Gasteiger partial charge < -0.3 is 20.1 Å². The van der Waals surface area contributed by atoms with E-state index in [1.807, 2.05) is 43.3 Å². The summed E-state index contributed by atoms with van der Waals surface area (Å²) in [6.07, 6.45) is 1.98. The summed E-state index contributed by atoms with van der Waals surface area (Å²) < 4.78 is 11.1. The molecule has 2 N–H and O–H groups in total. The van der Waals surface area contributed by atoms with Crippen LogP contribution in [0.3, 0.4) is 0 Å². The van der Waals surface area contributed by atoms with Crippen LogP contribution in [0.15, 0.2) is 42.5 Å². The Morgan fingerprint density at radius 2 is 1.82 bits per heavy atom. The van der Waals surface area contributed by atoms with Gasteiger partial charge in [-0.1, -0.05) is 43.7 Å². The number of ether oxygens (including phenoxy) is 2. The van der Waals surface area contributed by atoms with Gasteiger partial charge in [0, 0.05) is 0 Å². The van der Waals surface area contributed by atoms with E-state index in [1.165, 1.54) is 5.56 Å². The number of nitrogens with zero attached hydrogens (tertiary/aromatic N) is 1. The van der Waals surface area contributed by atoms with Crippen LogP contribution in [-0.2, 0) is 21.5 Å². The normalized spacial score (nSPS) is 20.4. The molecule has 2 heterocycles. The van der Waals surface area contributed by atoms with Gasteiger partial charge in [0.1, 0.15) is 25.3 Å². The molecule has 174 valence electrons. The zero-order valence-electron chi connectivity index (χ0n) is 19.1.